The van der Waals surface area contributed by atoms with Gasteiger partial charge in [0.05, 0.1) is 11.1 Å². The highest BCUT2D eigenvalue weighted by Crippen LogP contribution is 2.28. The first-order valence-electron chi connectivity index (χ1n) is 5.32. The molecule has 2 rings (SSSR count). The fourth-order valence-corrected chi connectivity index (χ4v) is 2.03. The van der Waals surface area contributed by atoms with Crippen molar-refractivity contribution in [3.05, 3.63) is 29.8 Å². The number of fused-ring (bicyclic) bond motifs is 1. The van der Waals surface area contributed by atoms with Crippen LogP contribution in [0.25, 0.3) is 10.9 Å². The maximum atomic E-state index is 11.1. The van der Waals surface area contributed by atoms with Crippen LogP contribution < -0.4 is 11.1 Å². The molecule has 2 aromatic rings. The molecular weight excluding hydrogens is 218 g/mol. The van der Waals surface area contributed by atoms with Crippen LogP contribution >= 0.6 is 0 Å². The summed E-state index contributed by atoms with van der Waals surface area (Å²) in [4.78, 5) is 22.1. The summed E-state index contributed by atoms with van der Waals surface area (Å²) < 4.78 is 1.85. The van der Waals surface area contributed by atoms with E-state index < -0.39 is 6.03 Å². The molecule has 5 heteroatoms. The van der Waals surface area contributed by atoms with Crippen molar-refractivity contribution in [1.82, 2.24) is 4.57 Å². The molecule has 0 atom stereocenters. The Hall–Kier alpha value is -2.30. The van der Waals surface area contributed by atoms with Crippen LogP contribution in [-0.2, 0) is 6.54 Å². The number of nitrogens with two attached hydrogens (primary N) is 1. The number of nitrogens with one attached hydrogen (secondary N) is 1. The number of urea groups is 1. The highest BCUT2D eigenvalue weighted by molar-refractivity contribution is 6.06. The van der Waals surface area contributed by atoms with E-state index in [2.05, 4.69) is 5.32 Å². The topological polar surface area (TPSA) is 77.1 Å². The van der Waals surface area contributed by atoms with Crippen molar-refractivity contribution in [2.75, 3.05) is 5.32 Å². The average Bonchev–Trinajstić information content (AvgIpc) is 2.60. The fourth-order valence-electron chi connectivity index (χ4n) is 2.03. The molecule has 0 fully saturated rings. The molecule has 0 unspecified atom stereocenters. The summed E-state index contributed by atoms with van der Waals surface area (Å²) in [6.07, 6.45) is 0.736. The van der Waals surface area contributed by atoms with Crippen LogP contribution in [0.2, 0.25) is 0 Å². The van der Waals surface area contributed by atoms with Crippen LogP contribution in [0.15, 0.2) is 24.3 Å². The molecule has 0 aliphatic rings. The van der Waals surface area contributed by atoms with E-state index in [-0.39, 0.29) is 0 Å². The minimum Gasteiger partial charge on any atom is -0.351 e. The highest BCUT2D eigenvalue weighted by atomic mass is 16.2. The Balaban J connectivity index is 2.78. The standard InChI is InChI=1S/C12H13N3O2/c1-2-15-10-6-4-3-5-8(10)9(7-16)11(15)14-12(13)17/h3-7H,2H2,1H3,(H3,13,14,17). The zero-order valence-corrected chi connectivity index (χ0v) is 9.43. The summed E-state index contributed by atoms with van der Waals surface area (Å²) in [7, 11) is 0. The summed E-state index contributed by atoms with van der Waals surface area (Å²) in [6.45, 7) is 2.58. The maximum Gasteiger partial charge on any atom is 0.317 e. The normalized spacial score (nSPS) is 10.4. The Morgan fingerprint density at radius 1 is 1.47 bits per heavy atom. The van der Waals surface area contributed by atoms with Crippen molar-refractivity contribution < 1.29 is 9.59 Å². The van der Waals surface area contributed by atoms with Gasteiger partial charge in [0.2, 0.25) is 0 Å². The molecule has 5 nitrogen and oxygen atoms in total. The number of anilines is 1. The number of aromatic nitrogens is 1. The van der Waals surface area contributed by atoms with Gasteiger partial charge < -0.3 is 10.3 Å². The van der Waals surface area contributed by atoms with Crippen LogP contribution in [0, 0.1) is 0 Å². The summed E-state index contributed by atoms with van der Waals surface area (Å²) in [5, 5.41) is 3.32. The molecule has 17 heavy (non-hydrogen) atoms. The summed E-state index contributed by atoms with van der Waals surface area (Å²) in [6, 6.07) is 6.81. The van der Waals surface area contributed by atoms with Crippen molar-refractivity contribution in [2.24, 2.45) is 5.73 Å². The Bertz CT molecular complexity index is 587. The zero-order valence-electron chi connectivity index (χ0n) is 9.43. The monoisotopic (exact) mass is 231 g/mol. The van der Waals surface area contributed by atoms with E-state index in [1.807, 2.05) is 35.8 Å². The number of para-hydroxylation sites is 1. The van der Waals surface area contributed by atoms with Crippen LogP contribution in [0.3, 0.4) is 0 Å². The molecule has 0 aliphatic heterocycles. The Kier molecular flexibility index (Phi) is 2.82. The Labute approximate surface area is 98.2 Å². The van der Waals surface area contributed by atoms with Gasteiger partial charge in [-0.2, -0.15) is 0 Å². The minimum absolute atomic E-state index is 0.455. The first-order valence-corrected chi connectivity index (χ1v) is 5.32. The molecule has 2 amide bonds. The molecule has 3 N–H and O–H groups in total. The van der Waals surface area contributed by atoms with Crippen LogP contribution in [0.5, 0.6) is 0 Å². The number of hydrogen-bond donors (Lipinski definition) is 2. The highest BCUT2D eigenvalue weighted by Gasteiger charge is 2.16. The Morgan fingerprint density at radius 3 is 2.76 bits per heavy atom. The van der Waals surface area contributed by atoms with E-state index in [1.165, 1.54) is 0 Å². The number of amides is 2. The lowest BCUT2D eigenvalue weighted by atomic mass is 10.2. The van der Waals surface area contributed by atoms with Gasteiger partial charge in [-0.05, 0) is 13.0 Å². The first kappa shape index (κ1) is 11.2. The third-order valence-corrected chi connectivity index (χ3v) is 2.69. The predicted octanol–water partition coefficient (Wildman–Crippen LogP) is 1.96. The van der Waals surface area contributed by atoms with Crippen LogP contribution in [0.1, 0.15) is 17.3 Å². The van der Waals surface area contributed by atoms with Gasteiger partial charge in [-0.3, -0.25) is 10.1 Å². The Morgan fingerprint density at radius 2 is 2.18 bits per heavy atom. The number of nitrogens with zero attached hydrogens (tertiary/aromatic N) is 1. The lowest BCUT2D eigenvalue weighted by molar-refractivity contribution is 0.112. The second kappa shape index (κ2) is 4.29. The molecule has 0 saturated heterocycles. The predicted molar refractivity (Wildman–Crippen MR) is 66.2 cm³/mol. The molecular formula is C12H13N3O2. The van der Waals surface area contributed by atoms with Crippen molar-refractivity contribution in [1.29, 1.82) is 0 Å². The molecule has 0 radical (unpaired) electrons. The first-order chi connectivity index (χ1) is 8.19. The van der Waals surface area contributed by atoms with E-state index in [0.29, 0.717) is 17.9 Å². The van der Waals surface area contributed by atoms with Gasteiger partial charge in [0, 0.05) is 11.9 Å². The third-order valence-electron chi connectivity index (χ3n) is 2.69. The number of rotatable bonds is 3. The number of benzene rings is 1. The van der Waals surface area contributed by atoms with E-state index in [4.69, 9.17) is 5.73 Å². The van der Waals surface area contributed by atoms with Gasteiger partial charge in [-0.1, -0.05) is 18.2 Å². The molecule has 1 aromatic heterocycles. The van der Waals surface area contributed by atoms with E-state index >= 15 is 0 Å². The molecule has 0 saturated carbocycles. The molecule has 0 spiro atoms. The quantitative estimate of drug-likeness (QED) is 0.792. The van der Waals surface area contributed by atoms with E-state index in [1.54, 1.807) is 0 Å². The van der Waals surface area contributed by atoms with Gasteiger partial charge in [0.1, 0.15) is 5.82 Å². The lowest BCUT2D eigenvalue weighted by Gasteiger charge is -2.07. The molecule has 0 bridgehead atoms. The van der Waals surface area contributed by atoms with Gasteiger partial charge in [0.25, 0.3) is 0 Å². The molecule has 1 heterocycles. The maximum absolute atomic E-state index is 11.1. The van der Waals surface area contributed by atoms with E-state index in [0.717, 1.165) is 17.2 Å². The van der Waals surface area contributed by atoms with Gasteiger partial charge in [-0.15, -0.1) is 0 Å². The van der Waals surface area contributed by atoms with E-state index in [9.17, 15) is 9.59 Å². The van der Waals surface area contributed by atoms with Crippen LogP contribution in [0.4, 0.5) is 10.6 Å². The number of primary amides is 1. The van der Waals surface area contributed by atoms with Crippen molar-refractivity contribution in [3.8, 4) is 0 Å². The minimum atomic E-state index is -0.675. The zero-order chi connectivity index (χ0) is 12.4. The number of carbonyl (C=O) groups is 2. The molecule has 0 aliphatic carbocycles. The molecule has 88 valence electrons. The number of hydrogen-bond acceptors (Lipinski definition) is 2. The number of aldehydes is 1. The second-order valence-corrected chi connectivity index (χ2v) is 3.63. The summed E-state index contributed by atoms with van der Waals surface area (Å²) in [5.41, 5.74) is 6.48. The van der Waals surface area contributed by atoms with Gasteiger partial charge in [0.15, 0.2) is 6.29 Å². The SMILES string of the molecule is CCn1c(NC(N)=O)c(C=O)c2ccccc21. The fraction of sp³-hybridized carbons (Fsp3) is 0.167. The van der Waals surface area contributed by atoms with Crippen molar-refractivity contribution in [3.63, 3.8) is 0 Å². The summed E-state index contributed by atoms with van der Waals surface area (Å²) in [5.74, 6) is 0.455. The summed E-state index contributed by atoms with van der Waals surface area (Å²) >= 11 is 0. The van der Waals surface area contributed by atoms with Gasteiger partial charge in [-0.25, -0.2) is 4.79 Å². The largest absolute Gasteiger partial charge is 0.351 e. The average molecular weight is 231 g/mol. The van der Waals surface area contributed by atoms with Gasteiger partial charge >= 0.3 is 6.03 Å². The third kappa shape index (κ3) is 1.75. The molecule has 1 aromatic carbocycles. The lowest BCUT2D eigenvalue weighted by Crippen LogP contribution is -2.22. The number of aryl methyl sites for hydroxylation is 1. The smallest absolute Gasteiger partial charge is 0.317 e. The van der Waals surface area contributed by atoms with Crippen molar-refractivity contribution >= 4 is 29.0 Å². The second-order valence-electron chi connectivity index (χ2n) is 3.63. The van der Waals surface area contributed by atoms with Crippen LogP contribution in [-0.4, -0.2) is 16.9 Å². The van der Waals surface area contributed by atoms with Crippen molar-refractivity contribution in [2.45, 2.75) is 13.5 Å². The number of carbonyl (C=O) groups excluding carboxylic acids is 2.